The van der Waals surface area contributed by atoms with E-state index in [0.717, 1.165) is 12.8 Å². The third-order valence-electron chi connectivity index (χ3n) is 6.56. The summed E-state index contributed by atoms with van der Waals surface area (Å²) >= 11 is 0. The molecule has 4 atom stereocenters. The summed E-state index contributed by atoms with van der Waals surface area (Å²) in [5.41, 5.74) is -1.38. The summed E-state index contributed by atoms with van der Waals surface area (Å²) in [5.74, 6) is -1.67. The Morgan fingerprint density at radius 1 is 1.20 bits per heavy atom. The zero-order valence-corrected chi connectivity index (χ0v) is 17.0. The monoisotopic (exact) mass is 423 g/mol. The number of amides is 1. The van der Waals surface area contributed by atoms with Crippen molar-refractivity contribution in [2.75, 3.05) is 6.54 Å². The van der Waals surface area contributed by atoms with Crippen LogP contribution >= 0.6 is 0 Å². The number of aliphatic hydroxyl groups is 2. The topological polar surface area (TPSA) is 162 Å². The average molecular weight is 423 g/mol. The summed E-state index contributed by atoms with van der Waals surface area (Å²) in [5, 5.41) is 32.8. The van der Waals surface area contributed by atoms with E-state index in [-0.39, 0.29) is 31.7 Å². The Kier molecular flexibility index (Phi) is 6.47. The average Bonchev–Trinajstić information content (AvgIpc) is 3.21. The molecule has 0 aromatic carbocycles. The standard InChI is InChI=1S/C20H29N3O7/c1-11-10-23(19(30)22-18(11)29)13-6-12(16(27)17(13)28)9-21-14(24)7-20(8-15(25)26)4-2-3-5-20/h10,12-13,16-17,27-28H,2-9H2,1H3,(H,21,24)(H,25,26)(H,22,29,30)/t12-,13+,16+,17+/m1/s1. The molecule has 1 heterocycles. The lowest BCUT2D eigenvalue weighted by molar-refractivity contribution is -0.140. The fourth-order valence-corrected chi connectivity index (χ4v) is 4.92. The molecule has 3 rings (SSSR count). The number of hydrogen-bond acceptors (Lipinski definition) is 6. The van der Waals surface area contributed by atoms with Gasteiger partial charge in [-0.05, 0) is 31.6 Å². The van der Waals surface area contributed by atoms with Crippen LogP contribution in [0.4, 0.5) is 0 Å². The molecule has 5 N–H and O–H groups in total. The Labute approximate surface area is 172 Å². The molecule has 10 heteroatoms. The van der Waals surface area contributed by atoms with Gasteiger partial charge in [0.05, 0.1) is 18.6 Å². The second-order valence-corrected chi connectivity index (χ2v) is 8.78. The number of carboxylic acid groups (broad SMARTS) is 1. The number of carbonyl (C=O) groups is 2. The van der Waals surface area contributed by atoms with Gasteiger partial charge >= 0.3 is 11.7 Å². The van der Waals surface area contributed by atoms with Crippen molar-refractivity contribution < 1.29 is 24.9 Å². The van der Waals surface area contributed by atoms with Crippen LogP contribution in [0.2, 0.25) is 0 Å². The normalized spacial score (nSPS) is 27.8. The van der Waals surface area contributed by atoms with Crippen LogP contribution in [0.1, 0.15) is 56.6 Å². The highest BCUT2D eigenvalue weighted by Gasteiger charge is 2.43. The molecule has 30 heavy (non-hydrogen) atoms. The molecule has 2 aliphatic carbocycles. The Morgan fingerprint density at radius 3 is 2.50 bits per heavy atom. The van der Waals surface area contributed by atoms with Crippen LogP contribution in [0.15, 0.2) is 15.8 Å². The van der Waals surface area contributed by atoms with Gasteiger partial charge in [0.2, 0.25) is 5.91 Å². The molecule has 0 spiro atoms. The molecule has 1 aromatic rings. The van der Waals surface area contributed by atoms with Gasteiger partial charge in [-0.3, -0.25) is 23.9 Å². The fourth-order valence-electron chi connectivity index (χ4n) is 4.92. The van der Waals surface area contributed by atoms with E-state index in [1.54, 1.807) is 6.92 Å². The van der Waals surface area contributed by atoms with Crippen LogP contribution in [0.5, 0.6) is 0 Å². The molecule has 1 aromatic heterocycles. The predicted octanol–water partition coefficient (Wildman–Crippen LogP) is -0.331. The summed E-state index contributed by atoms with van der Waals surface area (Å²) in [6.07, 6.45) is 2.53. The minimum Gasteiger partial charge on any atom is -0.481 e. The predicted molar refractivity (Wildman–Crippen MR) is 106 cm³/mol. The van der Waals surface area contributed by atoms with Crippen LogP contribution in [-0.4, -0.2) is 55.5 Å². The number of aryl methyl sites for hydroxylation is 1. The number of rotatable bonds is 7. The van der Waals surface area contributed by atoms with Gasteiger partial charge in [0.1, 0.15) is 6.10 Å². The summed E-state index contributed by atoms with van der Waals surface area (Å²) in [6, 6.07) is -0.724. The van der Waals surface area contributed by atoms with Gasteiger partial charge in [0.15, 0.2) is 0 Å². The minimum atomic E-state index is -1.22. The Balaban J connectivity index is 1.63. The summed E-state index contributed by atoms with van der Waals surface area (Å²) < 4.78 is 1.22. The summed E-state index contributed by atoms with van der Waals surface area (Å²) in [4.78, 5) is 49.5. The summed E-state index contributed by atoms with van der Waals surface area (Å²) in [7, 11) is 0. The van der Waals surface area contributed by atoms with Crippen LogP contribution < -0.4 is 16.6 Å². The first kappa shape index (κ1) is 22.2. The van der Waals surface area contributed by atoms with Crippen molar-refractivity contribution in [3.8, 4) is 0 Å². The highest BCUT2D eigenvalue weighted by atomic mass is 16.4. The van der Waals surface area contributed by atoms with Gasteiger partial charge < -0.3 is 20.6 Å². The number of aromatic nitrogens is 2. The van der Waals surface area contributed by atoms with Crippen molar-refractivity contribution in [3.05, 3.63) is 32.6 Å². The number of nitrogens with one attached hydrogen (secondary N) is 2. The summed E-state index contributed by atoms with van der Waals surface area (Å²) in [6.45, 7) is 1.65. The second-order valence-electron chi connectivity index (χ2n) is 8.78. The lowest BCUT2D eigenvalue weighted by atomic mass is 9.79. The van der Waals surface area contributed by atoms with Crippen molar-refractivity contribution in [2.45, 2.75) is 70.1 Å². The van der Waals surface area contributed by atoms with E-state index in [0.29, 0.717) is 18.4 Å². The van der Waals surface area contributed by atoms with Gasteiger partial charge in [0, 0.05) is 30.6 Å². The van der Waals surface area contributed by atoms with Crippen LogP contribution in [0, 0.1) is 18.3 Å². The van der Waals surface area contributed by atoms with Crippen LogP contribution in [0.25, 0.3) is 0 Å². The largest absolute Gasteiger partial charge is 0.481 e. The van der Waals surface area contributed by atoms with Crippen molar-refractivity contribution in [1.82, 2.24) is 14.9 Å². The van der Waals surface area contributed by atoms with E-state index in [2.05, 4.69) is 10.3 Å². The van der Waals surface area contributed by atoms with Crippen LogP contribution in [-0.2, 0) is 9.59 Å². The smallest absolute Gasteiger partial charge is 0.328 e. The number of aliphatic hydroxyl groups excluding tert-OH is 2. The molecule has 0 bridgehead atoms. The number of nitrogens with zero attached hydrogens (tertiary/aromatic N) is 1. The molecule has 166 valence electrons. The van der Waals surface area contributed by atoms with Crippen molar-refractivity contribution in [2.24, 2.45) is 11.3 Å². The number of hydrogen-bond donors (Lipinski definition) is 5. The zero-order chi connectivity index (χ0) is 22.1. The molecule has 0 aliphatic heterocycles. The molecule has 2 fully saturated rings. The van der Waals surface area contributed by atoms with Crippen molar-refractivity contribution in [3.63, 3.8) is 0 Å². The maximum absolute atomic E-state index is 12.5. The highest BCUT2D eigenvalue weighted by molar-refractivity contribution is 5.78. The maximum atomic E-state index is 12.5. The molecule has 10 nitrogen and oxygen atoms in total. The number of H-pyrrole nitrogens is 1. The van der Waals surface area contributed by atoms with E-state index in [1.807, 2.05) is 0 Å². The van der Waals surface area contributed by atoms with E-state index in [1.165, 1.54) is 10.8 Å². The van der Waals surface area contributed by atoms with E-state index >= 15 is 0 Å². The molecular formula is C20H29N3O7. The van der Waals surface area contributed by atoms with Crippen LogP contribution in [0.3, 0.4) is 0 Å². The SMILES string of the molecule is Cc1cn([C@H]2C[C@H](CNC(=O)CC3(CC(=O)O)CCCC3)[C@H](O)[C@H]2O)c(=O)[nH]c1=O. The first-order valence-electron chi connectivity index (χ1n) is 10.3. The maximum Gasteiger partial charge on any atom is 0.328 e. The van der Waals surface area contributed by atoms with Gasteiger partial charge in [-0.25, -0.2) is 4.79 Å². The Bertz CT molecular complexity index is 916. The van der Waals surface area contributed by atoms with Gasteiger partial charge in [-0.2, -0.15) is 0 Å². The minimum absolute atomic E-state index is 0.0399. The third kappa shape index (κ3) is 4.65. The van der Waals surface area contributed by atoms with Crippen molar-refractivity contribution in [1.29, 1.82) is 0 Å². The quantitative estimate of drug-likeness (QED) is 0.401. The Morgan fingerprint density at radius 2 is 1.87 bits per heavy atom. The molecule has 0 radical (unpaired) electrons. The number of aliphatic carboxylic acids is 1. The first-order valence-corrected chi connectivity index (χ1v) is 10.3. The second kappa shape index (κ2) is 8.73. The molecular weight excluding hydrogens is 394 g/mol. The molecule has 1 amide bonds. The lowest BCUT2D eigenvalue weighted by Crippen LogP contribution is -2.39. The Hall–Kier alpha value is -2.46. The zero-order valence-electron chi connectivity index (χ0n) is 17.0. The number of carboxylic acids is 1. The first-order chi connectivity index (χ1) is 14.1. The van der Waals surface area contributed by atoms with Gasteiger partial charge in [-0.15, -0.1) is 0 Å². The van der Waals surface area contributed by atoms with E-state index < -0.39 is 46.8 Å². The van der Waals surface area contributed by atoms with Gasteiger partial charge in [-0.1, -0.05) is 12.8 Å². The van der Waals surface area contributed by atoms with Crippen molar-refractivity contribution >= 4 is 11.9 Å². The molecule has 0 unspecified atom stereocenters. The lowest BCUT2D eigenvalue weighted by Gasteiger charge is -2.26. The van der Waals surface area contributed by atoms with E-state index in [4.69, 9.17) is 0 Å². The third-order valence-corrected chi connectivity index (χ3v) is 6.56. The van der Waals surface area contributed by atoms with E-state index in [9.17, 15) is 34.5 Å². The highest BCUT2D eigenvalue weighted by Crippen LogP contribution is 2.44. The van der Waals surface area contributed by atoms with Gasteiger partial charge in [0.25, 0.3) is 5.56 Å². The molecule has 2 saturated carbocycles. The molecule has 0 saturated heterocycles. The fraction of sp³-hybridized carbons (Fsp3) is 0.700. The molecule has 2 aliphatic rings. The number of aromatic amines is 1. The number of carbonyl (C=O) groups excluding carboxylic acids is 1.